The van der Waals surface area contributed by atoms with E-state index in [2.05, 4.69) is 10.6 Å². The molecule has 0 fully saturated rings. The highest BCUT2D eigenvalue weighted by molar-refractivity contribution is 5.73. The van der Waals surface area contributed by atoms with Crippen LogP contribution < -0.4 is 10.6 Å². The monoisotopic (exact) mass is 304 g/mol. The van der Waals surface area contributed by atoms with Gasteiger partial charge in [-0.25, -0.2) is 4.79 Å². The summed E-state index contributed by atoms with van der Waals surface area (Å²) in [7, 11) is 0. The molecule has 0 saturated heterocycles. The van der Waals surface area contributed by atoms with Gasteiger partial charge in [-0.3, -0.25) is 0 Å². The Kier molecular flexibility index (Phi) is 6.02. The average Bonchev–Trinajstić information content (AvgIpc) is 2.41. The van der Waals surface area contributed by atoms with Gasteiger partial charge in [0.25, 0.3) is 0 Å². The Bertz CT molecular complexity index is 476. The summed E-state index contributed by atoms with van der Waals surface area (Å²) in [5, 5.41) is 14.8. The number of nitrogens with one attached hydrogen (secondary N) is 2. The van der Waals surface area contributed by atoms with Crippen LogP contribution in [0.25, 0.3) is 0 Å². The van der Waals surface area contributed by atoms with Gasteiger partial charge in [-0.05, 0) is 23.6 Å². The van der Waals surface area contributed by atoms with Gasteiger partial charge < -0.3 is 15.7 Å². The van der Waals surface area contributed by atoms with E-state index in [-0.39, 0.29) is 18.0 Å². The molecular formula is C14H19F3N2O2. The molecule has 0 aliphatic rings. The zero-order valence-corrected chi connectivity index (χ0v) is 11.9. The second kappa shape index (κ2) is 7.31. The molecule has 3 N–H and O–H groups in total. The van der Waals surface area contributed by atoms with E-state index in [4.69, 9.17) is 0 Å². The van der Waals surface area contributed by atoms with Crippen LogP contribution in [0.1, 0.15) is 31.1 Å². The standard InChI is InChI=1S/C14H19F3N2O2/c1-9(2)7-18-13(21)19-8-12(20)10-4-3-5-11(6-10)14(15,16)17/h3-6,9,12,20H,7-8H2,1-2H3,(H2,18,19,21)/t12-/m1/s1. The number of aliphatic hydroxyl groups is 1. The highest BCUT2D eigenvalue weighted by Crippen LogP contribution is 2.30. The summed E-state index contributed by atoms with van der Waals surface area (Å²) >= 11 is 0. The quantitative estimate of drug-likeness (QED) is 0.783. The second-order valence-corrected chi connectivity index (χ2v) is 5.12. The van der Waals surface area contributed by atoms with Gasteiger partial charge in [0, 0.05) is 13.1 Å². The number of halogens is 3. The van der Waals surface area contributed by atoms with Crippen LogP contribution in [0.4, 0.5) is 18.0 Å². The number of hydrogen-bond acceptors (Lipinski definition) is 2. The fraction of sp³-hybridized carbons (Fsp3) is 0.500. The van der Waals surface area contributed by atoms with Crippen molar-refractivity contribution in [3.63, 3.8) is 0 Å². The number of benzene rings is 1. The van der Waals surface area contributed by atoms with Gasteiger partial charge in [0.15, 0.2) is 0 Å². The molecule has 21 heavy (non-hydrogen) atoms. The van der Waals surface area contributed by atoms with Crippen molar-refractivity contribution in [2.45, 2.75) is 26.1 Å². The molecule has 1 atom stereocenters. The minimum absolute atomic E-state index is 0.106. The Hall–Kier alpha value is -1.76. The van der Waals surface area contributed by atoms with Gasteiger partial charge in [-0.2, -0.15) is 13.2 Å². The number of rotatable bonds is 5. The predicted octanol–water partition coefficient (Wildman–Crippen LogP) is 2.69. The van der Waals surface area contributed by atoms with Gasteiger partial charge in [0.05, 0.1) is 11.7 Å². The van der Waals surface area contributed by atoms with Crippen LogP contribution in [0, 0.1) is 5.92 Å². The first-order valence-electron chi connectivity index (χ1n) is 6.57. The summed E-state index contributed by atoms with van der Waals surface area (Å²) in [6.07, 6.45) is -5.66. The molecule has 0 aliphatic heterocycles. The van der Waals surface area contributed by atoms with Gasteiger partial charge in [0.2, 0.25) is 0 Å². The highest BCUT2D eigenvalue weighted by Gasteiger charge is 2.30. The molecule has 7 heteroatoms. The highest BCUT2D eigenvalue weighted by atomic mass is 19.4. The molecule has 1 aromatic rings. The zero-order valence-electron chi connectivity index (χ0n) is 11.9. The Morgan fingerprint density at radius 1 is 1.24 bits per heavy atom. The summed E-state index contributed by atoms with van der Waals surface area (Å²) in [5.74, 6) is 0.282. The number of alkyl halides is 3. The molecule has 0 radical (unpaired) electrons. The molecule has 0 unspecified atom stereocenters. The normalized spacial score (nSPS) is 13.1. The molecule has 0 saturated carbocycles. The van der Waals surface area contributed by atoms with Crippen molar-refractivity contribution < 1.29 is 23.1 Å². The van der Waals surface area contributed by atoms with Crippen LogP contribution in [-0.4, -0.2) is 24.2 Å². The summed E-state index contributed by atoms with van der Waals surface area (Å²) in [5.41, 5.74) is -0.725. The molecule has 2 amide bonds. The first-order chi connectivity index (χ1) is 9.70. The third kappa shape index (κ3) is 6.03. The Balaban J connectivity index is 2.56. The van der Waals surface area contributed by atoms with E-state index < -0.39 is 23.9 Å². The van der Waals surface area contributed by atoms with Crippen molar-refractivity contribution in [1.82, 2.24) is 10.6 Å². The van der Waals surface area contributed by atoms with Crippen molar-refractivity contribution in [2.75, 3.05) is 13.1 Å². The van der Waals surface area contributed by atoms with E-state index in [1.165, 1.54) is 12.1 Å². The third-order valence-electron chi connectivity index (χ3n) is 2.73. The summed E-state index contributed by atoms with van der Waals surface area (Å²) in [4.78, 5) is 11.4. The maximum absolute atomic E-state index is 12.6. The number of urea groups is 1. The maximum Gasteiger partial charge on any atom is 0.416 e. The maximum atomic E-state index is 12.6. The number of carbonyl (C=O) groups is 1. The number of amides is 2. The molecule has 1 aromatic carbocycles. The lowest BCUT2D eigenvalue weighted by Gasteiger charge is -2.15. The van der Waals surface area contributed by atoms with Gasteiger partial charge in [-0.1, -0.05) is 26.0 Å². The van der Waals surface area contributed by atoms with Crippen LogP contribution in [-0.2, 0) is 6.18 Å². The fourth-order valence-corrected chi connectivity index (χ4v) is 1.59. The van der Waals surface area contributed by atoms with Gasteiger partial charge in [0.1, 0.15) is 0 Å². The summed E-state index contributed by atoms with van der Waals surface area (Å²) < 4.78 is 37.7. The van der Waals surface area contributed by atoms with Crippen molar-refractivity contribution in [3.8, 4) is 0 Å². The molecule has 118 valence electrons. The minimum Gasteiger partial charge on any atom is -0.387 e. The molecule has 0 heterocycles. The molecule has 4 nitrogen and oxygen atoms in total. The SMILES string of the molecule is CC(C)CNC(=O)NC[C@@H](O)c1cccc(C(F)(F)F)c1. The largest absolute Gasteiger partial charge is 0.416 e. The van der Waals surface area contributed by atoms with Crippen molar-refractivity contribution in [1.29, 1.82) is 0 Å². The smallest absolute Gasteiger partial charge is 0.387 e. The summed E-state index contributed by atoms with van der Waals surface area (Å²) in [6, 6.07) is 3.94. The van der Waals surface area contributed by atoms with E-state index in [1.54, 1.807) is 0 Å². The molecule has 0 aromatic heterocycles. The first kappa shape index (κ1) is 17.3. The second-order valence-electron chi connectivity index (χ2n) is 5.12. The Morgan fingerprint density at radius 3 is 2.43 bits per heavy atom. The first-order valence-corrected chi connectivity index (χ1v) is 6.57. The van der Waals surface area contributed by atoms with Crippen LogP contribution in [0.2, 0.25) is 0 Å². The van der Waals surface area contributed by atoms with E-state index in [0.29, 0.717) is 6.54 Å². The number of aliphatic hydroxyl groups excluding tert-OH is 1. The minimum atomic E-state index is -4.46. The zero-order chi connectivity index (χ0) is 16.0. The van der Waals surface area contributed by atoms with Crippen molar-refractivity contribution in [2.24, 2.45) is 5.92 Å². The van der Waals surface area contributed by atoms with Crippen molar-refractivity contribution >= 4 is 6.03 Å². The van der Waals surface area contributed by atoms with E-state index >= 15 is 0 Å². The van der Waals surface area contributed by atoms with E-state index in [9.17, 15) is 23.1 Å². The lowest BCUT2D eigenvalue weighted by molar-refractivity contribution is -0.137. The predicted molar refractivity (Wildman–Crippen MR) is 72.6 cm³/mol. The average molecular weight is 304 g/mol. The molecule has 0 spiro atoms. The Morgan fingerprint density at radius 2 is 1.86 bits per heavy atom. The third-order valence-corrected chi connectivity index (χ3v) is 2.73. The van der Waals surface area contributed by atoms with Crippen LogP contribution in [0.3, 0.4) is 0 Å². The molecule has 1 rings (SSSR count). The van der Waals surface area contributed by atoms with E-state index in [0.717, 1.165) is 12.1 Å². The molecule has 0 aliphatic carbocycles. The topological polar surface area (TPSA) is 61.4 Å². The van der Waals surface area contributed by atoms with Crippen LogP contribution in [0.5, 0.6) is 0 Å². The van der Waals surface area contributed by atoms with Crippen LogP contribution in [0.15, 0.2) is 24.3 Å². The summed E-state index contributed by atoms with van der Waals surface area (Å²) in [6.45, 7) is 4.17. The molecule has 0 bridgehead atoms. The Labute approximate surface area is 121 Å². The van der Waals surface area contributed by atoms with Crippen LogP contribution >= 0.6 is 0 Å². The van der Waals surface area contributed by atoms with Gasteiger partial charge >= 0.3 is 12.2 Å². The number of carbonyl (C=O) groups excluding carboxylic acids is 1. The number of hydrogen-bond donors (Lipinski definition) is 3. The van der Waals surface area contributed by atoms with Gasteiger partial charge in [-0.15, -0.1) is 0 Å². The molecular weight excluding hydrogens is 285 g/mol. The van der Waals surface area contributed by atoms with E-state index in [1.807, 2.05) is 13.8 Å². The fourth-order valence-electron chi connectivity index (χ4n) is 1.59. The lowest BCUT2D eigenvalue weighted by Crippen LogP contribution is -2.39. The van der Waals surface area contributed by atoms with Crippen molar-refractivity contribution in [3.05, 3.63) is 35.4 Å². The lowest BCUT2D eigenvalue weighted by atomic mass is 10.1.